The lowest BCUT2D eigenvalue weighted by Gasteiger charge is -2.00. The van der Waals surface area contributed by atoms with Crippen LogP contribution < -0.4 is 16.4 Å². The minimum absolute atomic E-state index is 0.220. The third-order valence-corrected chi connectivity index (χ3v) is 2.84. The van der Waals surface area contributed by atoms with E-state index in [-0.39, 0.29) is 17.7 Å². The molecule has 2 aromatic rings. The van der Waals surface area contributed by atoms with E-state index in [1.807, 2.05) is 6.92 Å². The van der Waals surface area contributed by atoms with Crippen LogP contribution in [0.1, 0.15) is 11.9 Å². The van der Waals surface area contributed by atoms with Gasteiger partial charge in [-0.1, -0.05) is 11.3 Å². The maximum Gasteiger partial charge on any atom is 0.265 e. The molecule has 0 saturated carbocycles. The second kappa shape index (κ2) is 4.91. The summed E-state index contributed by atoms with van der Waals surface area (Å²) >= 11 is 1.35. The minimum Gasteiger partial charge on any atom is -0.360 e. The highest BCUT2D eigenvalue weighted by Crippen LogP contribution is 2.14. The van der Waals surface area contributed by atoms with Gasteiger partial charge in [-0.25, -0.2) is 4.68 Å². The molecule has 0 saturated heterocycles. The Morgan fingerprint density at radius 3 is 3.00 bits per heavy atom. The second-order valence-corrected chi connectivity index (χ2v) is 4.33. The molecular formula is C9H11N5O2S. The first-order chi connectivity index (χ1) is 8.19. The van der Waals surface area contributed by atoms with Crippen molar-refractivity contribution in [1.82, 2.24) is 20.0 Å². The largest absolute Gasteiger partial charge is 0.360 e. The van der Waals surface area contributed by atoms with E-state index in [9.17, 15) is 9.59 Å². The molecule has 2 rings (SSSR count). The van der Waals surface area contributed by atoms with E-state index < -0.39 is 0 Å². The molecule has 8 heteroatoms. The van der Waals surface area contributed by atoms with Crippen molar-refractivity contribution in [1.29, 1.82) is 0 Å². The Bertz CT molecular complexity index is 614. The smallest absolute Gasteiger partial charge is 0.265 e. The molecule has 0 aliphatic carbocycles. The maximum absolute atomic E-state index is 11.4. The number of anilines is 1. The Balaban J connectivity index is 2.22. The Labute approximate surface area is 100 Å². The Morgan fingerprint density at radius 2 is 2.24 bits per heavy atom. The molecule has 90 valence electrons. The van der Waals surface area contributed by atoms with Crippen LogP contribution in [-0.4, -0.2) is 26.5 Å². The van der Waals surface area contributed by atoms with Gasteiger partial charge >= 0.3 is 0 Å². The van der Waals surface area contributed by atoms with Gasteiger partial charge in [0, 0.05) is 18.7 Å². The quantitative estimate of drug-likeness (QED) is 0.791. The number of hydrogen-bond acceptors (Lipinski definition) is 6. The van der Waals surface area contributed by atoms with Crippen LogP contribution in [0.25, 0.3) is 0 Å². The maximum atomic E-state index is 11.4. The highest BCUT2D eigenvalue weighted by molar-refractivity contribution is 7.15. The van der Waals surface area contributed by atoms with Crippen molar-refractivity contribution in [3.8, 4) is 0 Å². The molecule has 0 atom stereocenters. The van der Waals surface area contributed by atoms with Crippen molar-refractivity contribution in [3.05, 3.63) is 37.8 Å². The fourth-order valence-electron chi connectivity index (χ4n) is 1.26. The van der Waals surface area contributed by atoms with E-state index in [0.29, 0.717) is 10.1 Å². The number of nitrogens with zero attached hydrogens (tertiary/aromatic N) is 3. The molecule has 0 aromatic carbocycles. The van der Waals surface area contributed by atoms with Crippen LogP contribution in [0.15, 0.2) is 21.7 Å². The van der Waals surface area contributed by atoms with E-state index in [1.165, 1.54) is 28.2 Å². The lowest BCUT2D eigenvalue weighted by Crippen LogP contribution is -2.28. The van der Waals surface area contributed by atoms with Crippen LogP contribution in [0.2, 0.25) is 0 Å². The van der Waals surface area contributed by atoms with Gasteiger partial charge in [-0.2, -0.15) is 0 Å². The molecular weight excluding hydrogens is 242 g/mol. The molecule has 7 nitrogen and oxygen atoms in total. The van der Waals surface area contributed by atoms with E-state index in [4.69, 9.17) is 0 Å². The summed E-state index contributed by atoms with van der Waals surface area (Å²) in [7, 11) is 0. The monoisotopic (exact) mass is 253 g/mol. The second-order valence-electron chi connectivity index (χ2n) is 3.27. The number of nitrogens with one attached hydrogen (secondary N) is 2. The zero-order valence-electron chi connectivity index (χ0n) is 9.14. The van der Waals surface area contributed by atoms with E-state index in [1.54, 1.807) is 0 Å². The van der Waals surface area contributed by atoms with Crippen molar-refractivity contribution in [3.63, 3.8) is 0 Å². The van der Waals surface area contributed by atoms with Crippen LogP contribution >= 0.6 is 11.3 Å². The molecule has 0 fully saturated rings. The summed E-state index contributed by atoms with van der Waals surface area (Å²) in [4.78, 5) is 22.5. The molecule has 2 N–H and O–H groups in total. The van der Waals surface area contributed by atoms with Gasteiger partial charge in [-0.05, 0) is 6.92 Å². The van der Waals surface area contributed by atoms with Gasteiger partial charge in [-0.3, -0.25) is 14.7 Å². The van der Waals surface area contributed by atoms with Gasteiger partial charge in [0.25, 0.3) is 11.1 Å². The molecule has 0 amide bonds. The van der Waals surface area contributed by atoms with Gasteiger partial charge in [-0.15, -0.1) is 10.2 Å². The molecule has 2 aromatic heterocycles. The van der Waals surface area contributed by atoms with Crippen molar-refractivity contribution >= 4 is 16.5 Å². The minimum atomic E-state index is -0.318. The number of hydrogen-bond donors (Lipinski definition) is 2. The summed E-state index contributed by atoms with van der Waals surface area (Å²) in [5.41, 5.74) is -0.592. The molecule has 0 aliphatic heterocycles. The Morgan fingerprint density at radius 1 is 1.41 bits per heavy atom. The first kappa shape index (κ1) is 11.5. The Kier molecular flexibility index (Phi) is 3.33. The van der Waals surface area contributed by atoms with Crippen LogP contribution in [0.4, 0.5) is 5.13 Å². The summed E-state index contributed by atoms with van der Waals surface area (Å²) in [6, 6.07) is 2.42. The SMILES string of the molecule is CCNc1nnc(Cn2[nH]c(=O)ccc2=O)s1. The van der Waals surface area contributed by atoms with Crippen molar-refractivity contribution in [2.45, 2.75) is 13.5 Å². The van der Waals surface area contributed by atoms with Gasteiger partial charge < -0.3 is 5.32 Å². The number of H-pyrrole nitrogens is 1. The molecule has 0 bridgehead atoms. The third-order valence-electron chi connectivity index (χ3n) is 1.98. The molecule has 0 spiro atoms. The molecule has 0 radical (unpaired) electrons. The van der Waals surface area contributed by atoms with Gasteiger partial charge in [0.2, 0.25) is 5.13 Å². The highest BCUT2D eigenvalue weighted by atomic mass is 32.1. The molecule has 0 aliphatic rings. The summed E-state index contributed by atoms with van der Waals surface area (Å²) in [5, 5.41) is 14.6. The zero-order chi connectivity index (χ0) is 12.3. The first-order valence-electron chi connectivity index (χ1n) is 5.05. The summed E-state index contributed by atoms with van der Waals surface area (Å²) in [6.45, 7) is 2.94. The van der Waals surface area contributed by atoms with Gasteiger partial charge in [0.15, 0.2) is 0 Å². The van der Waals surface area contributed by atoms with Crippen LogP contribution in [0.3, 0.4) is 0 Å². The molecule has 2 heterocycles. The number of rotatable bonds is 4. The average Bonchev–Trinajstić information content (AvgIpc) is 2.72. The predicted molar refractivity (Wildman–Crippen MR) is 64.5 cm³/mol. The fraction of sp³-hybridized carbons (Fsp3) is 0.333. The van der Waals surface area contributed by atoms with Crippen LogP contribution in [0, 0.1) is 0 Å². The van der Waals surface area contributed by atoms with Crippen LogP contribution in [-0.2, 0) is 6.54 Å². The van der Waals surface area contributed by atoms with Crippen molar-refractivity contribution in [2.75, 3.05) is 11.9 Å². The third kappa shape index (κ3) is 2.78. The van der Waals surface area contributed by atoms with E-state index in [2.05, 4.69) is 20.6 Å². The van der Waals surface area contributed by atoms with Crippen LogP contribution in [0.5, 0.6) is 0 Å². The predicted octanol–water partition coefficient (Wildman–Crippen LogP) is -0.132. The molecule has 0 unspecified atom stereocenters. The summed E-state index contributed by atoms with van der Waals surface area (Å²) < 4.78 is 1.21. The standard InChI is InChI=1S/C9H11N5O2S/c1-2-10-9-12-11-7(17-9)5-14-8(16)4-3-6(15)13-14/h3-4H,2,5H2,1H3,(H,10,12)(H,13,15). The molecule has 17 heavy (non-hydrogen) atoms. The fourth-order valence-corrected chi connectivity index (χ4v) is 2.05. The van der Waals surface area contributed by atoms with Crippen molar-refractivity contribution in [2.24, 2.45) is 0 Å². The number of aromatic nitrogens is 4. The topological polar surface area (TPSA) is 92.7 Å². The van der Waals surface area contributed by atoms with E-state index in [0.717, 1.165) is 6.54 Å². The number of aromatic amines is 1. The average molecular weight is 253 g/mol. The Hall–Kier alpha value is -1.96. The van der Waals surface area contributed by atoms with Crippen molar-refractivity contribution < 1.29 is 0 Å². The van der Waals surface area contributed by atoms with Gasteiger partial charge in [0.1, 0.15) is 5.01 Å². The lowest BCUT2D eigenvalue weighted by molar-refractivity contribution is 0.621. The zero-order valence-corrected chi connectivity index (χ0v) is 9.95. The van der Waals surface area contributed by atoms with Gasteiger partial charge in [0.05, 0.1) is 6.54 Å². The highest BCUT2D eigenvalue weighted by Gasteiger charge is 2.05. The summed E-state index contributed by atoms with van der Waals surface area (Å²) in [6.07, 6.45) is 0. The van der Waals surface area contributed by atoms with E-state index >= 15 is 0 Å². The first-order valence-corrected chi connectivity index (χ1v) is 5.87. The lowest BCUT2D eigenvalue weighted by atomic mass is 10.5. The normalized spacial score (nSPS) is 10.4. The summed E-state index contributed by atoms with van der Waals surface area (Å²) in [5.74, 6) is 0.